The average Bonchev–Trinajstić information content (AvgIpc) is 2.90. The van der Waals surface area contributed by atoms with E-state index in [9.17, 15) is 14.4 Å². The van der Waals surface area contributed by atoms with Crippen LogP contribution in [0.2, 0.25) is 0 Å². The van der Waals surface area contributed by atoms with Gasteiger partial charge < -0.3 is 19.9 Å². The van der Waals surface area contributed by atoms with Crippen molar-refractivity contribution in [3.63, 3.8) is 0 Å². The first-order chi connectivity index (χ1) is 16.9. The summed E-state index contributed by atoms with van der Waals surface area (Å²) in [6.45, 7) is 6.27. The number of nitrogens with one attached hydrogen (secondary N) is 1. The molecular formula is C28H29N3O4. The minimum absolute atomic E-state index is 0.00885. The first-order valence-corrected chi connectivity index (χ1v) is 11.6. The fourth-order valence-electron chi connectivity index (χ4n) is 4.15. The molecule has 0 atom stereocenters. The van der Waals surface area contributed by atoms with Crippen LogP contribution < -0.4 is 10.2 Å². The Morgan fingerprint density at radius 2 is 1.46 bits per heavy atom. The van der Waals surface area contributed by atoms with Crippen molar-refractivity contribution in [2.75, 3.05) is 43.5 Å². The number of hydrogen-bond donors (Lipinski definition) is 1. The van der Waals surface area contributed by atoms with Gasteiger partial charge in [0, 0.05) is 37.3 Å². The van der Waals surface area contributed by atoms with E-state index in [1.165, 1.54) is 7.11 Å². The summed E-state index contributed by atoms with van der Waals surface area (Å²) in [5.41, 5.74) is 5.02. The number of nitrogens with zero attached hydrogens (tertiary/aromatic N) is 2. The Hall–Kier alpha value is -4.13. The lowest BCUT2D eigenvalue weighted by molar-refractivity contribution is 0.0600. The first-order valence-electron chi connectivity index (χ1n) is 11.6. The number of ether oxygens (including phenoxy) is 1. The first kappa shape index (κ1) is 24.0. The number of piperazine rings is 1. The predicted octanol–water partition coefficient (Wildman–Crippen LogP) is 4.30. The van der Waals surface area contributed by atoms with Gasteiger partial charge in [-0.25, -0.2) is 4.79 Å². The molecule has 180 valence electrons. The lowest BCUT2D eigenvalue weighted by Crippen LogP contribution is -2.49. The average molecular weight is 472 g/mol. The van der Waals surface area contributed by atoms with Gasteiger partial charge in [0.15, 0.2) is 0 Å². The van der Waals surface area contributed by atoms with Gasteiger partial charge in [0.1, 0.15) is 0 Å². The molecule has 3 aromatic rings. The Morgan fingerprint density at radius 3 is 2.11 bits per heavy atom. The number of anilines is 2. The lowest BCUT2D eigenvalue weighted by Gasteiger charge is -2.37. The maximum absolute atomic E-state index is 13.1. The van der Waals surface area contributed by atoms with E-state index in [0.717, 1.165) is 16.8 Å². The van der Waals surface area contributed by atoms with Crippen molar-refractivity contribution in [3.8, 4) is 0 Å². The van der Waals surface area contributed by atoms with Gasteiger partial charge in [-0.05, 0) is 67.4 Å². The Balaban J connectivity index is 1.55. The minimum atomic E-state index is -0.475. The molecule has 7 heteroatoms. The van der Waals surface area contributed by atoms with Crippen LogP contribution in [0, 0.1) is 13.8 Å². The molecule has 0 aliphatic carbocycles. The molecule has 1 fully saturated rings. The third kappa shape index (κ3) is 5.35. The van der Waals surface area contributed by atoms with Crippen molar-refractivity contribution in [3.05, 3.63) is 94.5 Å². The summed E-state index contributed by atoms with van der Waals surface area (Å²) in [4.78, 5) is 42.0. The van der Waals surface area contributed by atoms with E-state index in [1.54, 1.807) is 18.2 Å². The molecule has 0 spiro atoms. The van der Waals surface area contributed by atoms with Crippen LogP contribution in [0.3, 0.4) is 0 Å². The zero-order chi connectivity index (χ0) is 24.9. The van der Waals surface area contributed by atoms with Gasteiger partial charge in [-0.3, -0.25) is 9.59 Å². The summed E-state index contributed by atoms with van der Waals surface area (Å²) in [6.07, 6.45) is 0. The van der Waals surface area contributed by atoms with Gasteiger partial charge in [-0.1, -0.05) is 24.3 Å². The van der Waals surface area contributed by atoms with E-state index in [0.29, 0.717) is 48.6 Å². The molecule has 0 aromatic heterocycles. The largest absolute Gasteiger partial charge is 0.465 e. The zero-order valence-electron chi connectivity index (χ0n) is 20.2. The molecule has 1 aliphatic rings. The van der Waals surface area contributed by atoms with Crippen LogP contribution in [0.4, 0.5) is 11.4 Å². The monoisotopic (exact) mass is 471 g/mol. The van der Waals surface area contributed by atoms with Crippen molar-refractivity contribution in [2.45, 2.75) is 13.8 Å². The smallest absolute Gasteiger partial charge is 0.337 e. The molecule has 4 rings (SSSR count). The molecule has 0 bridgehead atoms. The molecule has 35 heavy (non-hydrogen) atoms. The topological polar surface area (TPSA) is 79.0 Å². The molecule has 1 N–H and O–H groups in total. The summed E-state index contributed by atoms with van der Waals surface area (Å²) in [6, 6.07) is 19.9. The molecule has 0 saturated carbocycles. The van der Waals surface area contributed by atoms with Crippen molar-refractivity contribution < 1.29 is 19.1 Å². The summed E-state index contributed by atoms with van der Waals surface area (Å²) < 4.78 is 4.87. The second-order valence-corrected chi connectivity index (χ2v) is 8.62. The van der Waals surface area contributed by atoms with Crippen LogP contribution in [0.25, 0.3) is 0 Å². The van der Waals surface area contributed by atoms with Crippen LogP contribution in [0.1, 0.15) is 42.2 Å². The van der Waals surface area contributed by atoms with Gasteiger partial charge in [-0.2, -0.15) is 0 Å². The van der Waals surface area contributed by atoms with E-state index in [4.69, 9.17) is 4.74 Å². The van der Waals surface area contributed by atoms with Crippen LogP contribution >= 0.6 is 0 Å². The maximum atomic E-state index is 13.1. The molecular weight excluding hydrogens is 442 g/mol. The minimum Gasteiger partial charge on any atom is -0.465 e. The third-order valence-electron chi connectivity index (χ3n) is 6.36. The van der Waals surface area contributed by atoms with Crippen LogP contribution in [-0.2, 0) is 4.74 Å². The Bertz CT molecular complexity index is 1250. The Kier molecular flexibility index (Phi) is 7.15. The SMILES string of the molecule is COC(=O)c1ccc(N2CCN(C(=O)c3ccccc3)CC2)c(NC(=O)c2ccc(C)c(C)c2)c1. The number of esters is 1. The highest BCUT2D eigenvalue weighted by molar-refractivity contribution is 6.07. The highest BCUT2D eigenvalue weighted by atomic mass is 16.5. The summed E-state index contributed by atoms with van der Waals surface area (Å²) >= 11 is 0. The summed E-state index contributed by atoms with van der Waals surface area (Å²) in [7, 11) is 1.33. The molecule has 1 aliphatic heterocycles. The summed E-state index contributed by atoms with van der Waals surface area (Å²) in [5, 5.41) is 2.98. The predicted molar refractivity (Wildman–Crippen MR) is 136 cm³/mol. The van der Waals surface area contributed by atoms with Crippen LogP contribution in [0.5, 0.6) is 0 Å². The van der Waals surface area contributed by atoms with E-state index in [2.05, 4.69) is 10.2 Å². The normalized spacial score (nSPS) is 13.3. The van der Waals surface area contributed by atoms with Crippen molar-refractivity contribution in [2.24, 2.45) is 0 Å². The van der Waals surface area contributed by atoms with Gasteiger partial charge in [0.05, 0.1) is 24.0 Å². The third-order valence-corrected chi connectivity index (χ3v) is 6.36. The highest BCUT2D eigenvalue weighted by Gasteiger charge is 2.24. The van der Waals surface area contributed by atoms with Gasteiger partial charge in [0.25, 0.3) is 11.8 Å². The number of amides is 2. The molecule has 0 radical (unpaired) electrons. The zero-order valence-corrected chi connectivity index (χ0v) is 20.2. The maximum Gasteiger partial charge on any atom is 0.337 e. The number of rotatable bonds is 5. The van der Waals surface area contributed by atoms with Crippen molar-refractivity contribution in [1.29, 1.82) is 0 Å². The number of methoxy groups -OCH3 is 1. The van der Waals surface area contributed by atoms with Crippen LogP contribution in [-0.4, -0.2) is 56.0 Å². The quantitative estimate of drug-likeness (QED) is 0.561. The lowest BCUT2D eigenvalue weighted by atomic mass is 10.1. The molecule has 7 nitrogen and oxygen atoms in total. The number of carbonyl (C=O) groups excluding carboxylic acids is 3. The molecule has 1 saturated heterocycles. The fourth-order valence-corrected chi connectivity index (χ4v) is 4.15. The molecule has 0 unspecified atom stereocenters. The van der Waals surface area contributed by atoms with Gasteiger partial charge >= 0.3 is 5.97 Å². The highest BCUT2D eigenvalue weighted by Crippen LogP contribution is 2.29. The second kappa shape index (κ2) is 10.4. The second-order valence-electron chi connectivity index (χ2n) is 8.62. The van der Waals surface area contributed by atoms with Crippen molar-refractivity contribution >= 4 is 29.2 Å². The number of hydrogen-bond acceptors (Lipinski definition) is 5. The molecule has 3 aromatic carbocycles. The van der Waals surface area contributed by atoms with E-state index >= 15 is 0 Å². The van der Waals surface area contributed by atoms with E-state index < -0.39 is 5.97 Å². The van der Waals surface area contributed by atoms with Gasteiger partial charge in [-0.15, -0.1) is 0 Å². The Morgan fingerprint density at radius 1 is 0.771 bits per heavy atom. The summed E-state index contributed by atoms with van der Waals surface area (Å²) in [5.74, 6) is -0.722. The number of carbonyl (C=O) groups is 3. The molecule has 2 amide bonds. The van der Waals surface area contributed by atoms with Crippen LogP contribution in [0.15, 0.2) is 66.7 Å². The molecule has 1 heterocycles. The van der Waals surface area contributed by atoms with E-state index in [1.807, 2.05) is 67.3 Å². The number of aryl methyl sites for hydroxylation is 2. The standard InChI is InChI=1S/C28H29N3O4/c1-19-9-10-22(17-20(19)2)26(32)29-24-18-23(28(34)35-3)11-12-25(24)30-13-15-31(16-14-30)27(33)21-7-5-4-6-8-21/h4-12,17-18H,13-16H2,1-3H3,(H,29,32). The number of benzene rings is 3. The van der Waals surface area contributed by atoms with E-state index in [-0.39, 0.29) is 11.8 Å². The van der Waals surface area contributed by atoms with Crippen molar-refractivity contribution in [1.82, 2.24) is 4.90 Å². The van der Waals surface area contributed by atoms with Gasteiger partial charge in [0.2, 0.25) is 0 Å². The Labute approximate surface area is 205 Å². The fraction of sp³-hybridized carbons (Fsp3) is 0.250.